The largest absolute Gasteiger partial charge is 3.00 e. The van der Waals surface area contributed by atoms with Gasteiger partial charge in [-0.25, -0.2) is 0 Å². The van der Waals surface area contributed by atoms with Crippen LogP contribution < -0.4 is 30.6 Å². The molecule has 0 N–H and O–H groups in total. The standard InChI is InChI=1S/3C23H41O3P.Co/c3*1-4-7-9-10-11-12-13-15-22-16-18-23(19-17-22)27(24,25)26-20-21(6-3)14-8-5-2;/h3*16-19,21H,4-15,20H2,1-3H3,(H,24,25);/q;;;+3/p-3. The molecular formula is C69H120CoO9P3. The van der Waals surface area contributed by atoms with Crippen LogP contribution in [0, 0.1) is 17.8 Å². The number of aryl methyl sites for hydroxylation is 3. The predicted molar refractivity (Wildman–Crippen MR) is 344 cm³/mol. The minimum absolute atomic E-state index is 0. The zero-order chi connectivity index (χ0) is 59.9. The fourth-order valence-corrected chi connectivity index (χ4v) is 13.1. The van der Waals surface area contributed by atoms with E-state index in [1.165, 1.54) is 152 Å². The molecule has 0 saturated heterocycles. The van der Waals surface area contributed by atoms with E-state index in [-0.39, 0.29) is 16.8 Å². The van der Waals surface area contributed by atoms with Gasteiger partial charge in [0.1, 0.15) is 0 Å². The smallest absolute Gasteiger partial charge is 0.775 e. The van der Waals surface area contributed by atoms with Gasteiger partial charge in [-0.05, 0) is 92.2 Å². The number of rotatable bonds is 48. The summed E-state index contributed by atoms with van der Waals surface area (Å²) in [6.45, 7) is 20.4. The van der Waals surface area contributed by atoms with Gasteiger partial charge in [-0.2, -0.15) is 0 Å². The molecule has 13 heteroatoms. The molecule has 0 spiro atoms. The molecule has 6 unspecified atom stereocenters. The molecule has 82 heavy (non-hydrogen) atoms. The van der Waals surface area contributed by atoms with Crippen LogP contribution in [0.4, 0.5) is 0 Å². The van der Waals surface area contributed by atoms with E-state index in [9.17, 15) is 28.4 Å². The SMILES string of the molecule is CCCCCCCCCc1ccc(P(=O)([O-])OCC(CC)CCCC)cc1.CCCCCCCCCc1ccc(P(=O)([O-])OCC(CC)CCCC)cc1.CCCCCCCCCc1ccc(P(=O)([O-])OCC(CC)CCCC)cc1.[Co+3]. The molecule has 0 bridgehead atoms. The van der Waals surface area contributed by atoms with Crippen LogP contribution in [0.1, 0.15) is 291 Å². The van der Waals surface area contributed by atoms with Crippen LogP contribution in [0.2, 0.25) is 0 Å². The molecule has 0 radical (unpaired) electrons. The first-order chi connectivity index (χ1) is 39.1. The van der Waals surface area contributed by atoms with E-state index in [2.05, 4.69) is 62.3 Å². The Morgan fingerprint density at radius 2 is 0.500 bits per heavy atom. The molecule has 474 valence electrons. The van der Waals surface area contributed by atoms with Crippen molar-refractivity contribution in [2.24, 2.45) is 17.8 Å². The number of unbranched alkanes of at least 4 members (excludes halogenated alkanes) is 21. The van der Waals surface area contributed by atoms with Crippen LogP contribution in [0.3, 0.4) is 0 Å². The van der Waals surface area contributed by atoms with Crippen molar-refractivity contribution in [3.8, 4) is 0 Å². The Morgan fingerprint density at radius 3 is 0.695 bits per heavy atom. The van der Waals surface area contributed by atoms with E-state index >= 15 is 0 Å². The van der Waals surface area contributed by atoms with Crippen LogP contribution in [0.15, 0.2) is 72.8 Å². The number of hydrogen-bond acceptors (Lipinski definition) is 9. The van der Waals surface area contributed by atoms with Gasteiger partial charge < -0.3 is 41.9 Å². The quantitative estimate of drug-likeness (QED) is 0.0398. The van der Waals surface area contributed by atoms with E-state index in [4.69, 9.17) is 13.6 Å². The van der Waals surface area contributed by atoms with Gasteiger partial charge >= 0.3 is 16.8 Å². The molecule has 0 aliphatic heterocycles. The van der Waals surface area contributed by atoms with Crippen molar-refractivity contribution in [2.45, 2.75) is 293 Å². The Labute approximate surface area is 515 Å². The van der Waals surface area contributed by atoms with Crippen molar-refractivity contribution >= 4 is 38.7 Å². The maximum atomic E-state index is 12.4. The molecule has 3 aromatic carbocycles. The third-order valence-electron chi connectivity index (χ3n) is 16.0. The fraction of sp³-hybridized carbons (Fsp3) is 0.739. The van der Waals surface area contributed by atoms with Gasteiger partial charge in [0.15, 0.2) is 22.8 Å². The molecule has 0 amide bonds. The molecule has 0 aliphatic carbocycles. The summed E-state index contributed by atoms with van der Waals surface area (Å²) in [6, 6.07) is 21.9. The minimum Gasteiger partial charge on any atom is -0.775 e. The van der Waals surface area contributed by atoms with Crippen molar-refractivity contribution in [2.75, 3.05) is 19.8 Å². The van der Waals surface area contributed by atoms with Gasteiger partial charge in [-0.15, -0.1) is 0 Å². The average molecular weight is 1250 g/mol. The maximum Gasteiger partial charge on any atom is 3.00 e. The first-order valence-corrected chi connectivity index (χ1v) is 37.9. The van der Waals surface area contributed by atoms with Gasteiger partial charge in [0.2, 0.25) is 0 Å². The first-order valence-electron chi connectivity index (χ1n) is 33.2. The Bertz CT molecular complexity index is 1820. The van der Waals surface area contributed by atoms with Crippen LogP contribution in [-0.2, 0) is 63.3 Å². The third kappa shape index (κ3) is 39.4. The number of hydrogen-bond donors (Lipinski definition) is 0. The van der Waals surface area contributed by atoms with Crippen molar-refractivity contribution in [1.29, 1.82) is 0 Å². The molecule has 0 aliphatic rings. The fourth-order valence-electron chi connectivity index (χ4n) is 9.92. The van der Waals surface area contributed by atoms with Crippen LogP contribution in [0.25, 0.3) is 0 Å². The van der Waals surface area contributed by atoms with Gasteiger partial charge in [-0.1, -0.05) is 308 Å². The molecular weight excluding hydrogens is 1120 g/mol. The Kier molecular flexibility index (Phi) is 50.8. The molecule has 0 heterocycles. The van der Waals surface area contributed by atoms with E-state index in [1.54, 1.807) is 36.4 Å². The van der Waals surface area contributed by atoms with Crippen molar-refractivity contribution in [3.05, 3.63) is 89.5 Å². The van der Waals surface area contributed by atoms with Crippen LogP contribution >= 0.6 is 22.8 Å². The van der Waals surface area contributed by atoms with Crippen molar-refractivity contribution in [1.82, 2.24) is 0 Å². The van der Waals surface area contributed by atoms with E-state index < -0.39 is 22.8 Å². The summed E-state index contributed by atoms with van der Waals surface area (Å²) >= 11 is 0. The Hall–Kier alpha value is -1.38. The first kappa shape index (κ1) is 80.6. The second-order valence-electron chi connectivity index (χ2n) is 23.2. The topological polar surface area (TPSA) is 148 Å². The second-order valence-corrected chi connectivity index (χ2v) is 28.6. The monoisotopic (exact) mass is 1240 g/mol. The molecule has 9 nitrogen and oxygen atoms in total. The van der Waals surface area contributed by atoms with E-state index in [0.717, 1.165) is 96.3 Å². The normalized spacial score (nSPS) is 14.6. The number of benzene rings is 3. The summed E-state index contributed by atoms with van der Waals surface area (Å²) < 4.78 is 53.3. The van der Waals surface area contributed by atoms with Gasteiger partial charge in [0.05, 0.1) is 19.8 Å². The summed E-state index contributed by atoms with van der Waals surface area (Å²) in [5, 5.41) is 0.906. The molecule has 0 saturated carbocycles. The van der Waals surface area contributed by atoms with Gasteiger partial charge in [0, 0.05) is 15.9 Å². The summed E-state index contributed by atoms with van der Waals surface area (Å²) in [4.78, 5) is 37.3. The van der Waals surface area contributed by atoms with Crippen LogP contribution in [-0.4, -0.2) is 19.8 Å². The molecule has 6 atom stereocenters. The Morgan fingerprint density at radius 1 is 0.305 bits per heavy atom. The second kappa shape index (κ2) is 51.6. The molecule has 3 rings (SSSR count). The molecule has 0 aromatic heterocycles. The van der Waals surface area contributed by atoms with Crippen molar-refractivity contribution < 1.29 is 58.7 Å². The van der Waals surface area contributed by atoms with E-state index in [1.807, 2.05) is 36.4 Å². The third-order valence-corrected chi connectivity index (χ3v) is 20.3. The summed E-state index contributed by atoms with van der Waals surface area (Å²) in [5.74, 6) is 0.969. The Balaban J connectivity index is 0.00000119. The molecule has 0 fully saturated rings. The van der Waals surface area contributed by atoms with E-state index in [0.29, 0.717) is 53.5 Å². The predicted octanol–water partition coefficient (Wildman–Crippen LogP) is 19.2. The maximum absolute atomic E-state index is 12.4. The zero-order valence-electron chi connectivity index (χ0n) is 53.6. The van der Waals surface area contributed by atoms with Gasteiger partial charge in [0.25, 0.3) is 0 Å². The summed E-state index contributed by atoms with van der Waals surface area (Å²) in [5.41, 5.74) is 3.63. The van der Waals surface area contributed by atoms with Crippen molar-refractivity contribution in [3.63, 3.8) is 0 Å². The summed E-state index contributed by atoms with van der Waals surface area (Å²) in [7, 11) is -11.9. The minimum atomic E-state index is -3.96. The summed E-state index contributed by atoms with van der Waals surface area (Å²) in [6.07, 6.45) is 42.9. The molecule has 3 aromatic rings. The zero-order valence-corrected chi connectivity index (χ0v) is 57.3. The van der Waals surface area contributed by atoms with Gasteiger partial charge in [-0.3, -0.25) is 0 Å². The van der Waals surface area contributed by atoms with Crippen LogP contribution in [0.5, 0.6) is 0 Å². The average Bonchev–Trinajstić information content (AvgIpc) is 3.57.